The molecule has 104 valence electrons. The maximum atomic E-state index is 11.8. The van der Waals surface area contributed by atoms with Crippen molar-refractivity contribution in [1.29, 1.82) is 0 Å². The van der Waals surface area contributed by atoms with Crippen molar-refractivity contribution in [3.63, 3.8) is 0 Å². The largest absolute Gasteiger partial charge is 0.515 e. The van der Waals surface area contributed by atoms with Crippen molar-refractivity contribution < 1.29 is 13.5 Å². The maximum Gasteiger partial charge on any atom is 0.515 e. The van der Waals surface area contributed by atoms with Crippen LogP contribution in [0.15, 0.2) is 17.2 Å². The average Bonchev–Trinajstić information content (AvgIpc) is 2.47. The fourth-order valence-electron chi connectivity index (χ4n) is 1.85. The van der Waals surface area contributed by atoms with Crippen LogP contribution in [0.25, 0.3) is 0 Å². The summed E-state index contributed by atoms with van der Waals surface area (Å²) >= 11 is 6.10. The molecule has 0 saturated carbocycles. The van der Waals surface area contributed by atoms with Crippen LogP contribution in [0.3, 0.4) is 0 Å². The van der Waals surface area contributed by atoms with Gasteiger partial charge in [0.1, 0.15) is 0 Å². The third kappa shape index (κ3) is 2.59. The monoisotopic (exact) mass is 301 g/mol. The zero-order valence-corrected chi connectivity index (χ0v) is 13.3. The molecular weight excluding hydrogens is 284 g/mol. The van der Waals surface area contributed by atoms with E-state index in [0.29, 0.717) is 15.5 Å². The molecule has 1 aliphatic heterocycles. The Labute approximate surface area is 121 Å². The molecule has 0 amide bonds. The van der Waals surface area contributed by atoms with Crippen LogP contribution in [-0.2, 0) is 20.1 Å². The summed E-state index contributed by atoms with van der Waals surface area (Å²) < 4.78 is 23.7. The number of aromatic nitrogens is 1. The van der Waals surface area contributed by atoms with Crippen molar-refractivity contribution in [3.8, 4) is 0 Å². The SMILES string of the molecule is CS(=O)c1c(Cl)ccnc1B1OC(C)(C)C(C)(C)O1. The summed E-state index contributed by atoms with van der Waals surface area (Å²) in [6, 6.07) is 1.62. The minimum atomic E-state index is -1.25. The van der Waals surface area contributed by atoms with Gasteiger partial charge in [0.25, 0.3) is 0 Å². The molecule has 0 spiro atoms. The highest BCUT2D eigenvalue weighted by Crippen LogP contribution is 2.36. The quantitative estimate of drug-likeness (QED) is 0.781. The van der Waals surface area contributed by atoms with E-state index in [1.54, 1.807) is 18.5 Å². The zero-order valence-electron chi connectivity index (χ0n) is 11.7. The molecule has 0 aliphatic carbocycles. The summed E-state index contributed by atoms with van der Waals surface area (Å²) in [6.07, 6.45) is 3.14. The predicted octanol–water partition coefficient (Wildman–Crippen LogP) is 1.77. The molecule has 1 aliphatic rings. The maximum absolute atomic E-state index is 11.8. The van der Waals surface area contributed by atoms with Gasteiger partial charge in [-0.25, -0.2) is 0 Å². The van der Waals surface area contributed by atoms with Crippen LogP contribution in [0, 0.1) is 0 Å². The number of pyridine rings is 1. The highest BCUT2D eigenvalue weighted by atomic mass is 35.5. The molecule has 1 saturated heterocycles. The van der Waals surface area contributed by atoms with Crippen LogP contribution in [0.5, 0.6) is 0 Å². The van der Waals surface area contributed by atoms with Gasteiger partial charge in [-0.1, -0.05) is 11.6 Å². The first-order chi connectivity index (χ1) is 8.66. The van der Waals surface area contributed by atoms with Crippen molar-refractivity contribution in [2.75, 3.05) is 6.26 Å². The van der Waals surface area contributed by atoms with Gasteiger partial charge in [0.05, 0.1) is 37.5 Å². The van der Waals surface area contributed by atoms with Gasteiger partial charge >= 0.3 is 7.12 Å². The van der Waals surface area contributed by atoms with E-state index in [-0.39, 0.29) is 0 Å². The molecule has 4 nitrogen and oxygen atoms in total. The van der Waals surface area contributed by atoms with E-state index in [1.165, 1.54) is 0 Å². The van der Waals surface area contributed by atoms with E-state index >= 15 is 0 Å². The van der Waals surface area contributed by atoms with Crippen molar-refractivity contribution in [1.82, 2.24) is 4.98 Å². The third-order valence-electron chi connectivity index (χ3n) is 3.65. The summed E-state index contributed by atoms with van der Waals surface area (Å²) in [7, 11) is -1.90. The molecule has 7 heteroatoms. The summed E-state index contributed by atoms with van der Waals surface area (Å²) in [6.45, 7) is 7.83. The van der Waals surface area contributed by atoms with Gasteiger partial charge < -0.3 is 9.31 Å². The Morgan fingerprint density at radius 3 is 2.26 bits per heavy atom. The van der Waals surface area contributed by atoms with Crippen LogP contribution < -0.4 is 5.59 Å². The lowest BCUT2D eigenvalue weighted by atomic mass is 9.84. The fraction of sp³-hybridized carbons (Fsp3) is 0.583. The summed E-state index contributed by atoms with van der Waals surface area (Å²) in [5.41, 5.74) is -0.436. The second kappa shape index (κ2) is 4.84. The summed E-state index contributed by atoms with van der Waals surface area (Å²) in [5, 5.41) is 0.417. The van der Waals surface area contributed by atoms with E-state index in [4.69, 9.17) is 20.9 Å². The van der Waals surface area contributed by atoms with Crippen LogP contribution in [-0.4, -0.2) is 33.8 Å². The van der Waals surface area contributed by atoms with E-state index in [2.05, 4.69) is 4.98 Å². The van der Waals surface area contributed by atoms with Gasteiger partial charge in [0, 0.05) is 12.5 Å². The molecule has 1 aromatic heterocycles. The Bertz CT molecular complexity index is 520. The molecule has 0 radical (unpaired) electrons. The Morgan fingerprint density at radius 2 is 1.79 bits per heavy atom. The Balaban J connectivity index is 2.46. The molecule has 1 fully saturated rings. The topological polar surface area (TPSA) is 48.4 Å². The number of hydrogen-bond donors (Lipinski definition) is 0. The van der Waals surface area contributed by atoms with Gasteiger partial charge in [-0.05, 0) is 33.8 Å². The minimum absolute atomic E-state index is 0.417. The zero-order chi connectivity index (χ0) is 14.4. The lowest BCUT2D eigenvalue weighted by Gasteiger charge is -2.32. The Morgan fingerprint density at radius 1 is 1.26 bits per heavy atom. The van der Waals surface area contributed by atoms with Crippen LogP contribution in [0.4, 0.5) is 0 Å². The first-order valence-corrected chi connectivity index (χ1v) is 7.93. The van der Waals surface area contributed by atoms with Crippen LogP contribution in [0.2, 0.25) is 5.02 Å². The molecule has 2 rings (SSSR count). The standard InChI is InChI=1S/C12H17BClNO3S/c1-11(2)12(3,4)18-13(17-11)10-9(19(5)16)8(14)6-7-15-10/h6-7H,1-5H3. The highest BCUT2D eigenvalue weighted by molar-refractivity contribution is 7.84. The normalized spacial score (nSPS) is 22.5. The second-order valence-corrected chi connectivity index (χ2v) is 7.27. The minimum Gasteiger partial charge on any atom is -0.398 e. The molecule has 1 aromatic rings. The molecule has 19 heavy (non-hydrogen) atoms. The van der Waals surface area contributed by atoms with Gasteiger partial charge in [-0.3, -0.25) is 9.19 Å². The molecule has 1 unspecified atom stereocenters. The predicted molar refractivity (Wildman–Crippen MR) is 77.3 cm³/mol. The lowest BCUT2D eigenvalue weighted by molar-refractivity contribution is 0.00578. The van der Waals surface area contributed by atoms with Crippen LogP contribution >= 0.6 is 11.6 Å². The number of nitrogens with zero attached hydrogens (tertiary/aromatic N) is 1. The first kappa shape index (κ1) is 15.0. The number of halogens is 1. The lowest BCUT2D eigenvalue weighted by Crippen LogP contribution is -2.41. The molecule has 0 aromatic carbocycles. The molecule has 2 heterocycles. The Hall–Kier alpha value is -0.425. The number of rotatable bonds is 2. The van der Waals surface area contributed by atoms with Gasteiger partial charge in [-0.15, -0.1) is 0 Å². The molecule has 1 atom stereocenters. The Kier molecular flexibility index (Phi) is 3.82. The van der Waals surface area contributed by atoms with E-state index in [9.17, 15) is 4.21 Å². The second-order valence-electron chi connectivity index (χ2n) is 5.55. The summed E-state index contributed by atoms with van der Waals surface area (Å²) in [4.78, 5) is 4.72. The van der Waals surface area contributed by atoms with Crippen molar-refractivity contribution in [2.24, 2.45) is 0 Å². The third-order valence-corrected chi connectivity index (χ3v) is 5.08. The van der Waals surface area contributed by atoms with Crippen molar-refractivity contribution in [3.05, 3.63) is 17.3 Å². The fourth-order valence-corrected chi connectivity index (χ4v) is 3.11. The molecule has 0 N–H and O–H groups in total. The summed E-state index contributed by atoms with van der Waals surface area (Å²) in [5.74, 6) is 0. The van der Waals surface area contributed by atoms with Gasteiger partial charge in [0.15, 0.2) is 0 Å². The van der Waals surface area contributed by atoms with Crippen molar-refractivity contribution in [2.45, 2.75) is 43.8 Å². The molecule has 0 bridgehead atoms. The first-order valence-electron chi connectivity index (χ1n) is 5.99. The van der Waals surface area contributed by atoms with E-state index in [1.807, 2.05) is 27.7 Å². The van der Waals surface area contributed by atoms with Crippen molar-refractivity contribution >= 4 is 35.1 Å². The van der Waals surface area contributed by atoms with Gasteiger partial charge in [0.2, 0.25) is 0 Å². The van der Waals surface area contributed by atoms with Crippen LogP contribution in [0.1, 0.15) is 27.7 Å². The average molecular weight is 302 g/mol. The number of hydrogen-bond acceptors (Lipinski definition) is 4. The van der Waals surface area contributed by atoms with E-state index in [0.717, 1.165) is 0 Å². The van der Waals surface area contributed by atoms with E-state index < -0.39 is 29.1 Å². The smallest absolute Gasteiger partial charge is 0.398 e. The highest BCUT2D eigenvalue weighted by Gasteiger charge is 2.53. The molecular formula is C12H17BClNO3S. The van der Waals surface area contributed by atoms with Gasteiger partial charge in [-0.2, -0.15) is 0 Å².